The summed E-state index contributed by atoms with van der Waals surface area (Å²) in [5, 5.41) is 3.38. The lowest BCUT2D eigenvalue weighted by atomic mass is 10.1. The highest BCUT2D eigenvalue weighted by Gasteiger charge is 2.05. The monoisotopic (exact) mass is 128 g/mol. The molecule has 0 aromatic rings. The summed E-state index contributed by atoms with van der Waals surface area (Å²) in [7, 11) is 0. The van der Waals surface area contributed by atoms with Gasteiger partial charge >= 0.3 is 0 Å². The van der Waals surface area contributed by atoms with E-state index in [1.54, 1.807) is 0 Å². The molecular formula is C8H18N. The van der Waals surface area contributed by atoms with E-state index in [4.69, 9.17) is 0 Å². The lowest BCUT2D eigenvalue weighted by Gasteiger charge is -2.19. The fraction of sp³-hybridized carbons (Fsp3) is 0.875. The first kappa shape index (κ1) is 8.96. The molecule has 9 heavy (non-hydrogen) atoms. The first-order valence-corrected chi connectivity index (χ1v) is 3.60. The van der Waals surface area contributed by atoms with E-state index in [-0.39, 0.29) is 5.54 Å². The molecule has 0 amide bonds. The normalized spacial score (nSPS) is 12.0. The van der Waals surface area contributed by atoms with Crippen molar-refractivity contribution >= 4 is 0 Å². The van der Waals surface area contributed by atoms with Gasteiger partial charge in [0.1, 0.15) is 0 Å². The molecule has 0 aliphatic carbocycles. The summed E-state index contributed by atoms with van der Waals surface area (Å²) in [6.07, 6.45) is 2.21. The van der Waals surface area contributed by atoms with Gasteiger partial charge in [0.2, 0.25) is 0 Å². The molecular weight excluding hydrogens is 110 g/mol. The molecule has 55 valence electrons. The van der Waals surface area contributed by atoms with Gasteiger partial charge in [-0.3, -0.25) is 0 Å². The number of hydrogen-bond donors (Lipinski definition) is 1. The average molecular weight is 128 g/mol. The quantitative estimate of drug-likeness (QED) is 0.573. The van der Waals surface area contributed by atoms with E-state index in [1.807, 2.05) is 0 Å². The molecule has 1 N–H and O–H groups in total. The Hall–Kier alpha value is -0.0400. The molecule has 0 aromatic carbocycles. The third-order valence-corrected chi connectivity index (χ3v) is 1.08. The molecule has 0 atom stereocenters. The topological polar surface area (TPSA) is 12.0 Å². The Labute approximate surface area is 58.8 Å². The van der Waals surface area contributed by atoms with Crippen molar-refractivity contribution in [3.8, 4) is 0 Å². The largest absolute Gasteiger partial charge is 0.312 e. The fourth-order valence-corrected chi connectivity index (χ4v) is 0.588. The molecule has 0 rings (SSSR count). The van der Waals surface area contributed by atoms with Gasteiger partial charge in [-0.2, -0.15) is 0 Å². The van der Waals surface area contributed by atoms with Crippen LogP contribution in [-0.4, -0.2) is 12.1 Å². The summed E-state index contributed by atoms with van der Waals surface area (Å²) in [4.78, 5) is 0. The van der Waals surface area contributed by atoms with Crippen LogP contribution in [0.3, 0.4) is 0 Å². The van der Waals surface area contributed by atoms with Crippen LogP contribution in [0.25, 0.3) is 0 Å². The first-order chi connectivity index (χ1) is 4.06. The van der Waals surface area contributed by atoms with E-state index in [1.165, 1.54) is 6.42 Å². The third kappa shape index (κ3) is 7.96. The predicted molar refractivity (Wildman–Crippen MR) is 42.3 cm³/mol. The molecule has 0 spiro atoms. The Morgan fingerprint density at radius 3 is 2.22 bits per heavy atom. The van der Waals surface area contributed by atoms with Crippen LogP contribution in [0.2, 0.25) is 0 Å². The highest BCUT2D eigenvalue weighted by Crippen LogP contribution is 1.98. The maximum Gasteiger partial charge on any atom is 0.00965 e. The highest BCUT2D eigenvalue weighted by molar-refractivity contribution is 4.69. The van der Waals surface area contributed by atoms with Crippen molar-refractivity contribution in [2.75, 3.05) is 6.54 Å². The van der Waals surface area contributed by atoms with Crippen LogP contribution in [0.4, 0.5) is 0 Å². The van der Waals surface area contributed by atoms with E-state index in [2.05, 4.69) is 33.0 Å². The Morgan fingerprint density at radius 2 is 1.89 bits per heavy atom. The van der Waals surface area contributed by atoms with E-state index in [0.29, 0.717) is 0 Å². The van der Waals surface area contributed by atoms with Crippen molar-refractivity contribution in [1.82, 2.24) is 5.32 Å². The Morgan fingerprint density at radius 1 is 1.33 bits per heavy atom. The van der Waals surface area contributed by atoms with Crippen molar-refractivity contribution in [2.24, 2.45) is 0 Å². The van der Waals surface area contributed by atoms with Gasteiger partial charge in [-0.25, -0.2) is 0 Å². The predicted octanol–water partition coefficient (Wildman–Crippen LogP) is 1.99. The van der Waals surface area contributed by atoms with Crippen LogP contribution in [0.1, 0.15) is 33.6 Å². The third-order valence-electron chi connectivity index (χ3n) is 1.08. The molecule has 1 nitrogen and oxygen atoms in total. The van der Waals surface area contributed by atoms with Crippen LogP contribution in [0.5, 0.6) is 0 Å². The smallest absolute Gasteiger partial charge is 0.00965 e. The molecule has 0 saturated carbocycles. The molecule has 1 heteroatoms. The van der Waals surface area contributed by atoms with Gasteiger partial charge < -0.3 is 5.32 Å². The number of nitrogens with one attached hydrogen (secondary N) is 1. The van der Waals surface area contributed by atoms with Crippen molar-refractivity contribution in [2.45, 2.75) is 39.2 Å². The lowest BCUT2D eigenvalue weighted by molar-refractivity contribution is 0.423. The zero-order valence-corrected chi connectivity index (χ0v) is 6.83. The number of rotatable bonds is 3. The molecule has 0 aromatic heterocycles. The summed E-state index contributed by atoms with van der Waals surface area (Å²) >= 11 is 0. The standard InChI is InChI=1S/C8H18N/c1-5-6-7-9-8(2,3)4/h9H,1,5-7H2,2-4H3. The minimum atomic E-state index is 0.273. The zero-order chi connectivity index (χ0) is 7.33. The molecule has 0 bridgehead atoms. The first-order valence-electron chi connectivity index (χ1n) is 3.60. The van der Waals surface area contributed by atoms with Crippen LogP contribution in [0.15, 0.2) is 0 Å². The summed E-state index contributed by atoms with van der Waals surface area (Å²) in [5.74, 6) is 0. The van der Waals surface area contributed by atoms with Crippen LogP contribution in [-0.2, 0) is 0 Å². The number of hydrogen-bond acceptors (Lipinski definition) is 1. The van der Waals surface area contributed by atoms with Gasteiger partial charge in [0.15, 0.2) is 0 Å². The maximum atomic E-state index is 3.77. The second-order valence-corrected chi connectivity index (χ2v) is 3.38. The Kier molecular flexibility index (Phi) is 3.87. The van der Waals surface area contributed by atoms with Gasteiger partial charge in [-0.05, 0) is 33.7 Å². The van der Waals surface area contributed by atoms with E-state index in [9.17, 15) is 0 Å². The zero-order valence-electron chi connectivity index (χ0n) is 6.83. The summed E-state index contributed by atoms with van der Waals surface area (Å²) < 4.78 is 0. The van der Waals surface area contributed by atoms with Crippen molar-refractivity contribution in [3.63, 3.8) is 0 Å². The highest BCUT2D eigenvalue weighted by atomic mass is 14.9. The second-order valence-electron chi connectivity index (χ2n) is 3.38. The van der Waals surface area contributed by atoms with Crippen LogP contribution < -0.4 is 5.32 Å². The number of unbranched alkanes of at least 4 members (excludes halogenated alkanes) is 1. The summed E-state index contributed by atoms with van der Waals surface area (Å²) in [5.41, 5.74) is 0.273. The minimum Gasteiger partial charge on any atom is -0.312 e. The molecule has 0 heterocycles. The van der Waals surface area contributed by atoms with Gasteiger partial charge in [-0.15, -0.1) is 0 Å². The van der Waals surface area contributed by atoms with Crippen molar-refractivity contribution < 1.29 is 0 Å². The van der Waals surface area contributed by atoms with E-state index < -0.39 is 0 Å². The Bertz CT molecular complexity index is 61.5. The maximum absolute atomic E-state index is 3.77. The van der Waals surface area contributed by atoms with Gasteiger partial charge in [0.05, 0.1) is 0 Å². The molecule has 0 aliphatic rings. The Balaban J connectivity index is 3.07. The SMILES string of the molecule is [CH2]CCCNC(C)(C)C. The van der Waals surface area contributed by atoms with Crippen molar-refractivity contribution in [1.29, 1.82) is 0 Å². The van der Waals surface area contributed by atoms with Gasteiger partial charge in [-0.1, -0.05) is 13.3 Å². The van der Waals surface area contributed by atoms with Gasteiger partial charge in [0, 0.05) is 5.54 Å². The van der Waals surface area contributed by atoms with Crippen LogP contribution >= 0.6 is 0 Å². The summed E-state index contributed by atoms with van der Waals surface area (Å²) in [6, 6.07) is 0. The molecule has 0 unspecified atom stereocenters. The fourth-order valence-electron chi connectivity index (χ4n) is 0.588. The van der Waals surface area contributed by atoms with Gasteiger partial charge in [0.25, 0.3) is 0 Å². The average Bonchev–Trinajstić information content (AvgIpc) is 1.63. The lowest BCUT2D eigenvalue weighted by Crippen LogP contribution is -2.36. The van der Waals surface area contributed by atoms with Crippen LogP contribution in [0, 0.1) is 6.92 Å². The van der Waals surface area contributed by atoms with E-state index in [0.717, 1.165) is 13.0 Å². The molecule has 0 saturated heterocycles. The molecule has 0 aliphatic heterocycles. The second kappa shape index (κ2) is 3.89. The molecule has 0 fully saturated rings. The summed E-state index contributed by atoms with van der Waals surface area (Å²) in [6.45, 7) is 11.4. The van der Waals surface area contributed by atoms with E-state index >= 15 is 0 Å². The molecule has 1 radical (unpaired) electrons. The van der Waals surface area contributed by atoms with Crippen molar-refractivity contribution in [3.05, 3.63) is 6.92 Å². The minimum absolute atomic E-state index is 0.273.